The van der Waals surface area contributed by atoms with Crippen LogP contribution in [0.3, 0.4) is 0 Å². The third-order valence-electron chi connectivity index (χ3n) is 3.74. The predicted molar refractivity (Wildman–Crippen MR) is 62.8 cm³/mol. The first-order valence-electron chi connectivity index (χ1n) is 6.20. The van der Waals surface area contributed by atoms with Crippen molar-refractivity contribution in [2.24, 2.45) is 11.8 Å². The van der Waals surface area contributed by atoms with Gasteiger partial charge in [0.15, 0.2) is 0 Å². The van der Waals surface area contributed by atoms with E-state index >= 15 is 0 Å². The molecule has 18 heavy (non-hydrogen) atoms. The molecule has 1 aliphatic heterocycles. The average molecular weight is 254 g/mol. The molecule has 3 atom stereocenters. The van der Waals surface area contributed by atoms with Gasteiger partial charge in [-0.2, -0.15) is 0 Å². The lowest BCUT2D eigenvalue weighted by molar-refractivity contribution is -0.143. The van der Waals surface area contributed by atoms with Crippen molar-refractivity contribution in [2.75, 3.05) is 6.54 Å². The fourth-order valence-electron chi connectivity index (χ4n) is 3.36. The summed E-state index contributed by atoms with van der Waals surface area (Å²) in [7, 11) is 0. The van der Waals surface area contributed by atoms with Gasteiger partial charge in [-0.1, -0.05) is 13.8 Å². The van der Waals surface area contributed by atoms with Gasteiger partial charge >= 0.3 is 12.0 Å². The van der Waals surface area contributed by atoms with Crippen molar-refractivity contribution in [3.63, 3.8) is 0 Å². The van der Waals surface area contributed by atoms with Gasteiger partial charge in [-0.05, 0) is 31.1 Å². The van der Waals surface area contributed by atoms with Gasteiger partial charge in [-0.15, -0.1) is 0 Å². The number of carbonyl (C=O) groups excluding carboxylic acids is 2. The molecule has 1 spiro atoms. The molecule has 2 N–H and O–H groups in total. The van der Waals surface area contributed by atoms with E-state index in [1.807, 2.05) is 0 Å². The van der Waals surface area contributed by atoms with Crippen LogP contribution < -0.4 is 5.32 Å². The molecule has 2 fully saturated rings. The van der Waals surface area contributed by atoms with E-state index in [2.05, 4.69) is 19.2 Å². The SMILES string of the molecule is C[C@@H]1C[C@H](C)CC2(C1)NC(=O)N(CC(=O)O)C2=O. The number of carboxylic acids is 1. The summed E-state index contributed by atoms with van der Waals surface area (Å²) < 4.78 is 0. The molecule has 6 heteroatoms. The number of rotatable bonds is 2. The highest BCUT2D eigenvalue weighted by atomic mass is 16.4. The van der Waals surface area contributed by atoms with E-state index in [-0.39, 0.29) is 5.91 Å². The van der Waals surface area contributed by atoms with Gasteiger partial charge in [0.25, 0.3) is 5.91 Å². The Kier molecular flexibility index (Phi) is 3.04. The summed E-state index contributed by atoms with van der Waals surface area (Å²) in [6.07, 6.45) is 2.22. The van der Waals surface area contributed by atoms with Crippen LogP contribution in [-0.4, -0.2) is 40.0 Å². The maximum atomic E-state index is 12.3. The summed E-state index contributed by atoms with van der Waals surface area (Å²) >= 11 is 0. The molecular formula is C12H18N2O4. The first-order valence-corrected chi connectivity index (χ1v) is 6.20. The molecule has 1 saturated heterocycles. The molecule has 0 aromatic carbocycles. The van der Waals surface area contributed by atoms with Crippen molar-refractivity contribution >= 4 is 17.9 Å². The van der Waals surface area contributed by atoms with Crippen LogP contribution in [0.1, 0.15) is 33.1 Å². The molecule has 1 heterocycles. The minimum Gasteiger partial charge on any atom is -0.480 e. The number of carbonyl (C=O) groups is 3. The summed E-state index contributed by atoms with van der Waals surface area (Å²) in [6, 6.07) is -0.580. The molecule has 0 aromatic rings. The topological polar surface area (TPSA) is 86.7 Å². The van der Waals surface area contributed by atoms with E-state index in [1.165, 1.54) is 0 Å². The number of urea groups is 1. The zero-order valence-electron chi connectivity index (χ0n) is 10.6. The van der Waals surface area contributed by atoms with Crippen LogP contribution in [0.15, 0.2) is 0 Å². The second-order valence-corrected chi connectivity index (χ2v) is 5.65. The highest BCUT2D eigenvalue weighted by Crippen LogP contribution is 2.39. The fourth-order valence-corrected chi connectivity index (χ4v) is 3.36. The second-order valence-electron chi connectivity index (χ2n) is 5.65. The first-order chi connectivity index (χ1) is 8.34. The summed E-state index contributed by atoms with van der Waals surface area (Å²) in [6.45, 7) is 3.54. The van der Waals surface area contributed by atoms with Crippen LogP contribution in [-0.2, 0) is 9.59 Å². The predicted octanol–water partition coefficient (Wildman–Crippen LogP) is 0.818. The molecule has 2 rings (SSSR count). The Bertz CT molecular complexity index is 397. The largest absolute Gasteiger partial charge is 0.480 e. The molecule has 1 aliphatic carbocycles. The van der Waals surface area contributed by atoms with Crippen LogP contribution in [0.5, 0.6) is 0 Å². The van der Waals surface area contributed by atoms with E-state index in [0.29, 0.717) is 24.7 Å². The monoisotopic (exact) mass is 254 g/mol. The third-order valence-corrected chi connectivity index (χ3v) is 3.74. The van der Waals surface area contributed by atoms with Crippen LogP contribution in [0.25, 0.3) is 0 Å². The van der Waals surface area contributed by atoms with Crippen molar-refractivity contribution in [1.29, 1.82) is 0 Å². The molecule has 0 bridgehead atoms. The molecule has 1 saturated carbocycles. The number of amides is 3. The van der Waals surface area contributed by atoms with Crippen molar-refractivity contribution in [3.8, 4) is 0 Å². The summed E-state index contributed by atoms with van der Waals surface area (Å²) in [4.78, 5) is 35.5. The summed E-state index contributed by atoms with van der Waals surface area (Å²) in [5, 5.41) is 11.4. The molecule has 1 unspecified atom stereocenters. The van der Waals surface area contributed by atoms with Crippen molar-refractivity contribution < 1.29 is 19.5 Å². The van der Waals surface area contributed by atoms with Crippen molar-refractivity contribution in [3.05, 3.63) is 0 Å². The van der Waals surface area contributed by atoms with Crippen molar-refractivity contribution in [1.82, 2.24) is 10.2 Å². The number of hydrogen-bond donors (Lipinski definition) is 2. The van der Waals surface area contributed by atoms with Crippen LogP contribution >= 0.6 is 0 Å². The Morgan fingerprint density at radius 2 is 1.94 bits per heavy atom. The van der Waals surface area contributed by atoms with E-state index in [9.17, 15) is 14.4 Å². The van der Waals surface area contributed by atoms with Crippen LogP contribution in [0.4, 0.5) is 4.79 Å². The zero-order chi connectivity index (χ0) is 13.5. The minimum atomic E-state index is -1.17. The smallest absolute Gasteiger partial charge is 0.325 e. The molecular weight excluding hydrogens is 236 g/mol. The number of aliphatic carboxylic acids is 1. The lowest BCUT2D eigenvalue weighted by Crippen LogP contribution is -2.52. The van der Waals surface area contributed by atoms with Crippen LogP contribution in [0.2, 0.25) is 0 Å². The number of nitrogens with zero attached hydrogens (tertiary/aromatic N) is 1. The van der Waals surface area contributed by atoms with Gasteiger partial charge in [0, 0.05) is 0 Å². The zero-order valence-corrected chi connectivity index (χ0v) is 10.6. The second kappa shape index (κ2) is 4.26. The van der Waals surface area contributed by atoms with Gasteiger partial charge in [0.1, 0.15) is 12.1 Å². The lowest BCUT2D eigenvalue weighted by atomic mass is 9.71. The molecule has 2 aliphatic rings. The Balaban J connectivity index is 2.22. The Labute approximate surface area is 105 Å². The lowest BCUT2D eigenvalue weighted by Gasteiger charge is -2.37. The van der Waals surface area contributed by atoms with E-state index in [0.717, 1.165) is 11.3 Å². The Morgan fingerprint density at radius 1 is 1.39 bits per heavy atom. The standard InChI is InChI=1S/C12H18N2O4/c1-7-3-8(2)5-12(4-7)10(17)14(6-9(15)16)11(18)13-12/h7-8H,3-6H2,1-2H3,(H,13,18)(H,15,16)/t7-,8+,12?. The maximum absolute atomic E-state index is 12.3. The van der Waals surface area contributed by atoms with Gasteiger partial charge in [0.05, 0.1) is 0 Å². The maximum Gasteiger partial charge on any atom is 0.325 e. The number of imide groups is 1. The van der Waals surface area contributed by atoms with Gasteiger partial charge < -0.3 is 10.4 Å². The molecule has 6 nitrogen and oxygen atoms in total. The molecule has 3 amide bonds. The fraction of sp³-hybridized carbons (Fsp3) is 0.750. The first kappa shape index (κ1) is 12.9. The van der Waals surface area contributed by atoms with E-state index in [1.54, 1.807) is 0 Å². The Hall–Kier alpha value is -1.59. The van der Waals surface area contributed by atoms with Gasteiger partial charge in [0.2, 0.25) is 0 Å². The number of hydrogen-bond acceptors (Lipinski definition) is 3. The highest BCUT2D eigenvalue weighted by Gasteiger charge is 2.54. The minimum absolute atomic E-state index is 0.350. The molecule has 0 aromatic heterocycles. The normalized spacial score (nSPS) is 36.0. The number of carboxylic acid groups (broad SMARTS) is 1. The van der Waals surface area contributed by atoms with Crippen molar-refractivity contribution in [2.45, 2.75) is 38.6 Å². The van der Waals surface area contributed by atoms with E-state index in [4.69, 9.17) is 5.11 Å². The molecule has 100 valence electrons. The Morgan fingerprint density at radius 3 is 2.44 bits per heavy atom. The molecule has 0 radical (unpaired) electrons. The van der Waals surface area contributed by atoms with Gasteiger partial charge in [-0.25, -0.2) is 4.79 Å². The average Bonchev–Trinajstić information content (AvgIpc) is 2.40. The summed E-state index contributed by atoms with van der Waals surface area (Å²) in [5.41, 5.74) is -0.871. The summed E-state index contributed by atoms with van der Waals surface area (Å²) in [5.74, 6) is -0.855. The van der Waals surface area contributed by atoms with Gasteiger partial charge in [-0.3, -0.25) is 14.5 Å². The third kappa shape index (κ3) is 2.07. The quantitative estimate of drug-likeness (QED) is 0.714. The number of nitrogens with one attached hydrogen (secondary N) is 1. The van der Waals surface area contributed by atoms with Crippen LogP contribution in [0, 0.1) is 11.8 Å². The van der Waals surface area contributed by atoms with E-state index < -0.39 is 24.1 Å². The highest BCUT2D eigenvalue weighted by molar-refractivity contribution is 6.08.